The molecule has 1 saturated carbocycles. The fourth-order valence-electron chi connectivity index (χ4n) is 3.78. The zero-order valence-electron chi connectivity index (χ0n) is 14.8. The van der Waals surface area contributed by atoms with Crippen LogP contribution in [0.25, 0.3) is 0 Å². The monoisotopic (exact) mass is 351 g/mol. The van der Waals surface area contributed by atoms with Gasteiger partial charge in [-0.2, -0.15) is 0 Å². The summed E-state index contributed by atoms with van der Waals surface area (Å²) in [6, 6.07) is 9.65. The van der Waals surface area contributed by atoms with E-state index in [0.29, 0.717) is 19.7 Å². The summed E-state index contributed by atoms with van der Waals surface area (Å²) in [5, 5.41) is 0. The van der Waals surface area contributed by atoms with Crippen LogP contribution in [0.15, 0.2) is 30.3 Å². The highest BCUT2D eigenvalue weighted by Crippen LogP contribution is 2.57. The summed E-state index contributed by atoms with van der Waals surface area (Å²) in [7, 11) is 0. The van der Waals surface area contributed by atoms with Crippen molar-refractivity contribution in [3.8, 4) is 0 Å². The third kappa shape index (κ3) is 3.94. The molecule has 1 aliphatic heterocycles. The minimum Gasteiger partial charge on any atom is -0.466 e. The number of nitrogens with zero attached hydrogens (tertiary/aromatic N) is 1. The van der Waals surface area contributed by atoms with E-state index in [-0.39, 0.29) is 40.6 Å². The summed E-state index contributed by atoms with van der Waals surface area (Å²) in [5.74, 6) is 0.350. The number of rotatable bonds is 5. The zero-order chi connectivity index (χ0) is 17.2. The number of amides is 1. The van der Waals surface area contributed by atoms with Crippen LogP contribution >= 0.6 is 0 Å². The average Bonchev–Trinajstić information content (AvgIpc) is 3.30. The quantitative estimate of drug-likeness (QED) is 0.763. The van der Waals surface area contributed by atoms with Crippen molar-refractivity contribution in [2.75, 3.05) is 19.7 Å². The van der Waals surface area contributed by atoms with Gasteiger partial charge in [-0.3, -0.25) is 9.50 Å². The van der Waals surface area contributed by atoms with Gasteiger partial charge in [-0.1, -0.05) is 37.3 Å². The van der Waals surface area contributed by atoms with Crippen LogP contribution in [0.3, 0.4) is 0 Å². The van der Waals surface area contributed by atoms with Crippen molar-refractivity contribution in [1.82, 2.24) is 4.90 Å². The fraction of sp³-hybridized carbons (Fsp3) is 0.579. The number of ether oxygens (including phenoxy) is 2. The summed E-state index contributed by atoms with van der Waals surface area (Å²) < 4.78 is 10.7. The molecular formula is C19H26FNO4. The Labute approximate surface area is 147 Å². The number of esters is 1. The maximum Gasteiger partial charge on any atom is 0.410 e. The molecular weight excluding hydrogens is 325 g/mol. The third-order valence-electron chi connectivity index (χ3n) is 5.26. The molecule has 5 nitrogen and oxygen atoms in total. The molecule has 1 amide bonds. The lowest BCUT2D eigenvalue weighted by Crippen LogP contribution is -2.34. The zero-order valence-corrected chi connectivity index (χ0v) is 14.8. The highest BCUT2D eigenvalue weighted by molar-refractivity contribution is 5.80. The molecule has 1 heterocycles. The fourth-order valence-corrected chi connectivity index (χ4v) is 3.78. The normalized spacial score (nSPS) is 23.5. The Balaban J connectivity index is 0.00000225. The molecule has 1 saturated heterocycles. The first-order valence-corrected chi connectivity index (χ1v) is 8.69. The van der Waals surface area contributed by atoms with Crippen LogP contribution in [-0.2, 0) is 20.9 Å². The van der Waals surface area contributed by atoms with Gasteiger partial charge in [0.2, 0.25) is 0 Å². The van der Waals surface area contributed by atoms with E-state index in [1.54, 1.807) is 4.90 Å². The van der Waals surface area contributed by atoms with Gasteiger partial charge in [0.15, 0.2) is 0 Å². The predicted octanol–water partition coefficient (Wildman–Crippen LogP) is 3.39. The molecule has 138 valence electrons. The summed E-state index contributed by atoms with van der Waals surface area (Å²) >= 11 is 0. The summed E-state index contributed by atoms with van der Waals surface area (Å²) in [4.78, 5) is 26.4. The first-order valence-electron chi connectivity index (χ1n) is 8.69. The van der Waals surface area contributed by atoms with Crippen LogP contribution in [0.4, 0.5) is 9.50 Å². The summed E-state index contributed by atoms with van der Waals surface area (Å²) in [6.07, 6.45) is 1.44. The Morgan fingerprint density at radius 1 is 1.16 bits per heavy atom. The van der Waals surface area contributed by atoms with Gasteiger partial charge >= 0.3 is 12.1 Å². The van der Waals surface area contributed by atoms with Crippen LogP contribution in [0.2, 0.25) is 0 Å². The maximum absolute atomic E-state index is 12.3. The van der Waals surface area contributed by atoms with E-state index in [0.717, 1.165) is 18.4 Å². The van der Waals surface area contributed by atoms with E-state index >= 15 is 0 Å². The van der Waals surface area contributed by atoms with Crippen molar-refractivity contribution >= 4 is 12.1 Å². The molecule has 1 aliphatic carbocycles. The van der Waals surface area contributed by atoms with E-state index in [2.05, 4.69) is 6.92 Å². The SMILES string of the molecule is CCOC(=O)C1([C@H]2CN(C(=O)OCc3ccccc3)C[C@H]2C)CC1.F. The lowest BCUT2D eigenvalue weighted by molar-refractivity contribution is -0.152. The molecule has 2 fully saturated rings. The third-order valence-corrected chi connectivity index (χ3v) is 5.26. The number of likely N-dealkylation sites (tertiary alicyclic amines) is 1. The highest BCUT2D eigenvalue weighted by atomic mass is 19.0. The minimum atomic E-state index is -0.371. The molecule has 6 heteroatoms. The van der Waals surface area contributed by atoms with Gasteiger partial charge in [0.25, 0.3) is 0 Å². The standard InChI is InChI=1S/C19H25NO4.FH/c1-3-23-17(21)19(9-10-19)16-12-20(11-14(16)2)18(22)24-13-15-7-5-4-6-8-15;/h4-8,14,16H,3,9-13H2,1-2H3;1H/t14-,16+;/m1./s1. The molecule has 0 N–H and O–H groups in total. The Hall–Kier alpha value is -2.11. The van der Waals surface area contributed by atoms with E-state index in [4.69, 9.17) is 9.47 Å². The lowest BCUT2D eigenvalue weighted by atomic mass is 9.82. The molecule has 1 aromatic rings. The number of hydrogen-bond acceptors (Lipinski definition) is 4. The van der Waals surface area contributed by atoms with Crippen molar-refractivity contribution in [3.63, 3.8) is 0 Å². The minimum absolute atomic E-state index is 0. The van der Waals surface area contributed by atoms with Crippen molar-refractivity contribution in [1.29, 1.82) is 0 Å². The smallest absolute Gasteiger partial charge is 0.410 e. The Kier molecular flexibility index (Phi) is 6.03. The van der Waals surface area contributed by atoms with Crippen molar-refractivity contribution < 1.29 is 23.8 Å². The van der Waals surface area contributed by atoms with Gasteiger partial charge in [-0.05, 0) is 37.2 Å². The summed E-state index contributed by atoms with van der Waals surface area (Å²) in [5.41, 5.74) is 0.601. The molecule has 0 radical (unpaired) electrons. The van der Waals surface area contributed by atoms with Gasteiger partial charge < -0.3 is 14.4 Å². The Morgan fingerprint density at radius 3 is 2.44 bits per heavy atom. The molecule has 1 aromatic carbocycles. The number of hydrogen-bond donors (Lipinski definition) is 0. The van der Waals surface area contributed by atoms with E-state index in [1.807, 2.05) is 37.3 Å². The second-order valence-corrected chi connectivity index (χ2v) is 6.91. The largest absolute Gasteiger partial charge is 0.466 e. The van der Waals surface area contributed by atoms with Crippen molar-refractivity contribution in [2.24, 2.45) is 17.3 Å². The molecule has 0 bridgehead atoms. The van der Waals surface area contributed by atoms with Crippen LogP contribution in [0.1, 0.15) is 32.3 Å². The molecule has 2 atom stereocenters. The second-order valence-electron chi connectivity index (χ2n) is 6.91. The molecule has 3 rings (SSSR count). The van der Waals surface area contributed by atoms with Gasteiger partial charge in [0, 0.05) is 13.1 Å². The van der Waals surface area contributed by atoms with Gasteiger partial charge in [-0.25, -0.2) is 4.79 Å². The lowest BCUT2D eigenvalue weighted by Gasteiger charge is -2.24. The molecule has 0 spiro atoms. The van der Waals surface area contributed by atoms with E-state index < -0.39 is 0 Å². The Bertz CT molecular complexity index is 603. The predicted molar refractivity (Wildman–Crippen MR) is 91.7 cm³/mol. The first kappa shape index (κ1) is 19.2. The van der Waals surface area contributed by atoms with Gasteiger partial charge in [0.05, 0.1) is 12.0 Å². The molecule has 25 heavy (non-hydrogen) atoms. The van der Waals surface area contributed by atoms with E-state index in [1.165, 1.54) is 0 Å². The number of benzene rings is 1. The highest BCUT2D eigenvalue weighted by Gasteiger charge is 2.60. The summed E-state index contributed by atoms with van der Waals surface area (Å²) in [6.45, 7) is 5.84. The average molecular weight is 351 g/mol. The second kappa shape index (κ2) is 7.85. The van der Waals surface area contributed by atoms with Crippen LogP contribution in [-0.4, -0.2) is 36.7 Å². The first-order chi connectivity index (χ1) is 11.6. The van der Waals surface area contributed by atoms with Gasteiger partial charge in [0.1, 0.15) is 6.61 Å². The van der Waals surface area contributed by atoms with Gasteiger partial charge in [-0.15, -0.1) is 0 Å². The number of carbonyl (C=O) groups excluding carboxylic acids is 2. The topological polar surface area (TPSA) is 55.8 Å². The van der Waals surface area contributed by atoms with Crippen molar-refractivity contribution in [3.05, 3.63) is 35.9 Å². The number of carbonyl (C=O) groups is 2. The van der Waals surface area contributed by atoms with Crippen LogP contribution < -0.4 is 0 Å². The number of halogens is 1. The van der Waals surface area contributed by atoms with E-state index in [9.17, 15) is 9.59 Å². The molecule has 2 aliphatic rings. The van der Waals surface area contributed by atoms with Crippen molar-refractivity contribution in [2.45, 2.75) is 33.3 Å². The Morgan fingerprint density at radius 2 is 1.84 bits per heavy atom. The molecule has 0 unspecified atom stereocenters. The van der Waals surface area contributed by atoms with Crippen LogP contribution in [0, 0.1) is 17.3 Å². The van der Waals surface area contributed by atoms with Crippen LogP contribution in [0.5, 0.6) is 0 Å². The molecule has 0 aromatic heterocycles. The maximum atomic E-state index is 12.3.